The summed E-state index contributed by atoms with van der Waals surface area (Å²) >= 11 is 0. The Balaban J connectivity index is 1.73. The van der Waals surface area contributed by atoms with Crippen molar-refractivity contribution in [1.29, 1.82) is 0 Å². The number of nitrogens with one attached hydrogen (secondary N) is 2. The number of carboxylic acid groups (broad SMARTS) is 1. The number of carbonyl (C=O) groups is 3. The molecule has 30 heavy (non-hydrogen) atoms. The van der Waals surface area contributed by atoms with Gasteiger partial charge in [-0.3, -0.25) is 9.59 Å². The van der Waals surface area contributed by atoms with Crippen molar-refractivity contribution in [2.45, 2.75) is 31.3 Å². The van der Waals surface area contributed by atoms with Gasteiger partial charge in [0.25, 0.3) is 0 Å². The molecule has 1 aliphatic carbocycles. The Hall–Kier alpha value is -3.67. The normalized spacial score (nSPS) is 14.5. The van der Waals surface area contributed by atoms with Gasteiger partial charge in [-0.05, 0) is 17.5 Å². The summed E-state index contributed by atoms with van der Waals surface area (Å²) in [7, 11) is 0. The number of carbonyl (C=O) groups excluding carboxylic acids is 2. The van der Waals surface area contributed by atoms with Gasteiger partial charge in [0.15, 0.2) is 0 Å². The molecule has 2 amide bonds. The molecule has 3 N–H and O–H groups in total. The minimum atomic E-state index is -1.13. The molecule has 0 heterocycles. The van der Waals surface area contributed by atoms with Crippen LogP contribution < -0.4 is 10.6 Å². The Morgan fingerprint density at radius 1 is 0.833 bits per heavy atom. The maximum absolute atomic E-state index is 13.0. The van der Waals surface area contributed by atoms with E-state index in [0.717, 1.165) is 11.1 Å². The van der Waals surface area contributed by atoms with E-state index in [4.69, 9.17) is 0 Å². The van der Waals surface area contributed by atoms with E-state index in [1.54, 1.807) is 12.2 Å². The molecule has 1 aliphatic rings. The predicted octanol–water partition coefficient (Wildman–Crippen LogP) is 2.41. The zero-order chi connectivity index (χ0) is 21.3. The van der Waals surface area contributed by atoms with Crippen LogP contribution in [0.2, 0.25) is 0 Å². The molecule has 6 nitrogen and oxygen atoms in total. The van der Waals surface area contributed by atoms with E-state index in [1.807, 2.05) is 66.7 Å². The van der Waals surface area contributed by atoms with Gasteiger partial charge in [-0.15, -0.1) is 0 Å². The lowest BCUT2D eigenvalue weighted by Gasteiger charge is -2.22. The predicted molar refractivity (Wildman–Crippen MR) is 114 cm³/mol. The summed E-state index contributed by atoms with van der Waals surface area (Å²) in [5.41, 5.74) is 2.24. The van der Waals surface area contributed by atoms with Crippen LogP contribution in [0, 0.1) is 0 Å². The van der Waals surface area contributed by atoms with E-state index in [1.165, 1.54) is 0 Å². The monoisotopic (exact) mass is 404 g/mol. The standard InChI is InChI=1S/C24H24N2O4/c27-22(19-13-7-8-14-19)25-20(15-17-9-3-1-4-10-17)23(28)26-21(24(29)30)16-18-11-5-2-6-12-18/h1-13,20-21H,14-16H2,(H,25,27)(H,26,28)(H,29,30)/t20-,21-/m0/s1. The van der Waals surface area contributed by atoms with Crippen molar-refractivity contribution >= 4 is 17.8 Å². The molecule has 0 radical (unpaired) electrons. The first-order valence-electron chi connectivity index (χ1n) is 9.80. The minimum absolute atomic E-state index is 0.156. The lowest BCUT2D eigenvalue weighted by Crippen LogP contribution is -2.53. The summed E-state index contributed by atoms with van der Waals surface area (Å²) in [6, 6.07) is 16.4. The van der Waals surface area contributed by atoms with Crippen LogP contribution in [0.15, 0.2) is 84.5 Å². The number of hydrogen-bond acceptors (Lipinski definition) is 3. The summed E-state index contributed by atoms with van der Waals surface area (Å²) in [6.45, 7) is 0. The smallest absolute Gasteiger partial charge is 0.326 e. The van der Waals surface area contributed by atoms with Crippen LogP contribution in [-0.2, 0) is 27.2 Å². The van der Waals surface area contributed by atoms with Gasteiger partial charge in [-0.2, -0.15) is 0 Å². The average Bonchev–Trinajstić information content (AvgIpc) is 3.29. The van der Waals surface area contributed by atoms with Crippen LogP contribution in [0.3, 0.4) is 0 Å². The summed E-state index contributed by atoms with van der Waals surface area (Å²) < 4.78 is 0. The number of amides is 2. The van der Waals surface area contributed by atoms with Crippen LogP contribution in [0.25, 0.3) is 0 Å². The van der Waals surface area contributed by atoms with E-state index in [-0.39, 0.29) is 18.7 Å². The van der Waals surface area contributed by atoms with Crippen LogP contribution in [0.5, 0.6) is 0 Å². The maximum atomic E-state index is 13.0. The Morgan fingerprint density at radius 3 is 1.90 bits per heavy atom. The lowest BCUT2D eigenvalue weighted by molar-refractivity contribution is -0.142. The Kier molecular flexibility index (Phi) is 7.16. The van der Waals surface area contributed by atoms with Crippen LogP contribution >= 0.6 is 0 Å². The van der Waals surface area contributed by atoms with Crippen molar-refractivity contribution in [2.24, 2.45) is 0 Å². The number of carboxylic acids is 1. The first kappa shape index (κ1) is 21.0. The highest BCUT2D eigenvalue weighted by Gasteiger charge is 2.27. The second-order valence-corrected chi connectivity index (χ2v) is 7.13. The molecule has 0 saturated carbocycles. The summed E-state index contributed by atoms with van der Waals surface area (Å²) in [5, 5.41) is 14.9. The molecule has 2 aromatic rings. The fourth-order valence-electron chi connectivity index (χ4n) is 3.25. The molecule has 0 spiro atoms. The zero-order valence-corrected chi connectivity index (χ0v) is 16.5. The van der Waals surface area contributed by atoms with Gasteiger partial charge in [-0.1, -0.05) is 78.9 Å². The van der Waals surface area contributed by atoms with E-state index in [9.17, 15) is 19.5 Å². The van der Waals surface area contributed by atoms with Crippen molar-refractivity contribution in [3.63, 3.8) is 0 Å². The third-order valence-electron chi connectivity index (χ3n) is 4.86. The summed E-state index contributed by atoms with van der Waals surface area (Å²) in [5.74, 6) is -1.98. The highest BCUT2D eigenvalue weighted by Crippen LogP contribution is 2.12. The molecule has 0 saturated heterocycles. The van der Waals surface area contributed by atoms with E-state index >= 15 is 0 Å². The molecule has 0 bridgehead atoms. The molecule has 3 rings (SSSR count). The van der Waals surface area contributed by atoms with Crippen molar-refractivity contribution in [3.8, 4) is 0 Å². The molecule has 0 aliphatic heterocycles. The van der Waals surface area contributed by atoms with E-state index < -0.39 is 24.0 Å². The Morgan fingerprint density at radius 2 is 1.40 bits per heavy atom. The van der Waals surface area contributed by atoms with Gasteiger partial charge in [0.05, 0.1) is 0 Å². The molecular formula is C24H24N2O4. The van der Waals surface area contributed by atoms with Gasteiger partial charge in [0.2, 0.25) is 11.8 Å². The van der Waals surface area contributed by atoms with Crippen molar-refractivity contribution in [1.82, 2.24) is 10.6 Å². The van der Waals surface area contributed by atoms with Crippen LogP contribution in [0.1, 0.15) is 17.5 Å². The SMILES string of the molecule is O=C(N[C@@H](Cc1ccccc1)C(=O)N[C@@H](Cc1ccccc1)C(=O)O)C1=CC=CC1. The quantitative estimate of drug-likeness (QED) is 0.598. The minimum Gasteiger partial charge on any atom is -0.480 e. The molecule has 0 fully saturated rings. The summed E-state index contributed by atoms with van der Waals surface area (Å²) in [6.07, 6.45) is 6.29. The van der Waals surface area contributed by atoms with E-state index in [2.05, 4.69) is 10.6 Å². The van der Waals surface area contributed by atoms with Gasteiger partial charge < -0.3 is 15.7 Å². The van der Waals surface area contributed by atoms with Crippen LogP contribution in [-0.4, -0.2) is 35.0 Å². The maximum Gasteiger partial charge on any atom is 0.326 e. The number of aliphatic carboxylic acids is 1. The lowest BCUT2D eigenvalue weighted by atomic mass is 10.0. The molecule has 6 heteroatoms. The third-order valence-corrected chi connectivity index (χ3v) is 4.86. The first-order chi connectivity index (χ1) is 14.5. The number of allylic oxidation sites excluding steroid dienone is 3. The molecule has 0 unspecified atom stereocenters. The molecule has 154 valence electrons. The van der Waals surface area contributed by atoms with E-state index in [0.29, 0.717) is 12.0 Å². The van der Waals surface area contributed by atoms with Crippen molar-refractivity contribution in [2.75, 3.05) is 0 Å². The molecule has 0 aromatic heterocycles. The third kappa shape index (κ3) is 5.91. The largest absolute Gasteiger partial charge is 0.480 e. The highest BCUT2D eigenvalue weighted by molar-refractivity contribution is 5.98. The summed E-state index contributed by atoms with van der Waals surface area (Å²) in [4.78, 5) is 37.3. The van der Waals surface area contributed by atoms with Crippen LogP contribution in [0.4, 0.5) is 0 Å². The molecular weight excluding hydrogens is 380 g/mol. The number of benzene rings is 2. The van der Waals surface area contributed by atoms with Gasteiger partial charge in [0.1, 0.15) is 12.1 Å². The van der Waals surface area contributed by atoms with Gasteiger partial charge >= 0.3 is 5.97 Å². The first-order valence-corrected chi connectivity index (χ1v) is 9.80. The van der Waals surface area contributed by atoms with Gasteiger partial charge in [0, 0.05) is 18.4 Å². The number of rotatable bonds is 9. The average molecular weight is 404 g/mol. The Labute approximate surface area is 175 Å². The fraction of sp³-hybridized carbons (Fsp3) is 0.208. The van der Waals surface area contributed by atoms with Crippen molar-refractivity contribution in [3.05, 3.63) is 95.6 Å². The highest BCUT2D eigenvalue weighted by atomic mass is 16.4. The topological polar surface area (TPSA) is 95.5 Å². The van der Waals surface area contributed by atoms with Crippen molar-refractivity contribution < 1.29 is 19.5 Å². The molecule has 2 aromatic carbocycles. The Bertz CT molecular complexity index is 952. The fourth-order valence-corrected chi connectivity index (χ4v) is 3.25. The second kappa shape index (κ2) is 10.2. The zero-order valence-electron chi connectivity index (χ0n) is 16.5. The second-order valence-electron chi connectivity index (χ2n) is 7.13. The van der Waals surface area contributed by atoms with Gasteiger partial charge in [-0.25, -0.2) is 4.79 Å². The number of hydrogen-bond donors (Lipinski definition) is 3. The molecule has 2 atom stereocenters.